The van der Waals surface area contributed by atoms with Gasteiger partial charge < -0.3 is 9.64 Å². The number of nitrogens with zero attached hydrogens (tertiary/aromatic N) is 1. The Kier molecular flexibility index (Phi) is 5.48. The van der Waals surface area contributed by atoms with Crippen LogP contribution >= 0.6 is 0 Å². The SMILES string of the molecule is CCN(C)CCCOC1=CC=C(C)CC1. The van der Waals surface area contributed by atoms with Gasteiger partial charge in [0, 0.05) is 13.0 Å². The van der Waals surface area contributed by atoms with E-state index in [9.17, 15) is 0 Å². The summed E-state index contributed by atoms with van der Waals surface area (Å²) in [5.74, 6) is 1.15. The van der Waals surface area contributed by atoms with Crippen LogP contribution in [-0.2, 0) is 4.74 Å². The van der Waals surface area contributed by atoms with Gasteiger partial charge in [0.05, 0.1) is 12.4 Å². The predicted octanol–water partition coefficient (Wildman–Crippen LogP) is 2.97. The van der Waals surface area contributed by atoms with E-state index in [1.54, 1.807) is 0 Å². The zero-order valence-electron chi connectivity index (χ0n) is 10.3. The Balaban J connectivity index is 2.10. The minimum Gasteiger partial charge on any atom is -0.498 e. The first-order valence-corrected chi connectivity index (χ1v) is 5.90. The molecule has 0 atom stereocenters. The lowest BCUT2D eigenvalue weighted by molar-refractivity contribution is 0.183. The van der Waals surface area contributed by atoms with Gasteiger partial charge in [-0.1, -0.05) is 18.6 Å². The third-order valence-corrected chi connectivity index (χ3v) is 2.83. The van der Waals surface area contributed by atoms with Crippen molar-refractivity contribution in [2.24, 2.45) is 0 Å². The average Bonchev–Trinajstić information content (AvgIpc) is 2.26. The van der Waals surface area contributed by atoms with Gasteiger partial charge in [-0.25, -0.2) is 0 Å². The summed E-state index contributed by atoms with van der Waals surface area (Å²) in [6.45, 7) is 7.44. The van der Waals surface area contributed by atoms with Crippen molar-refractivity contribution in [3.63, 3.8) is 0 Å². The van der Waals surface area contributed by atoms with Crippen molar-refractivity contribution in [2.45, 2.75) is 33.1 Å². The molecule has 0 aromatic carbocycles. The fourth-order valence-electron chi connectivity index (χ4n) is 1.54. The van der Waals surface area contributed by atoms with Gasteiger partial charge in [-0.2, -0.15) is 0 Å². The minimum atomic E-state index is 0.850. The summed E-state index contributed by atoms with van der Waals surface area (Å²) in [5.41, 5.74) is 1.45. The zero-order valence-corrected chi connectivity index (χ0v) is 10.3. The molecule has 1 rings (SSSR count). The van der Waals surface area contributed by atoms with Gasteiger partial charge in [-0.05, 0) is 39.4 Å². The standard InChI is InChI=1S/C13H23NO/c1-4-14(3)10-5-11-15-13-8-6-12(2)7-9-13/h6,8H,4-5,7,9-11H2,1-3H3. The number of hydrogen-bond donors (Lipinski definition) is 0. The van der Waals surface area contributed by atoms with Crippen LogP contribution in [-0.4, -0.2) is 31.6 Å². The quantitative estimate of drug-likeness (QED) is 0.624. The van der Waals surface area contributed by atoms with E-state index in [0.29, 0.717) is 0 Å². The number of ether oxygens (including phenoxy) is 1. The van der Waals surface area contributed by atoms with Crippen molar-refractivity contribution in [3.05, 3.63) is 23.5 Å². The Labute approximate surface area is 93.6 Å². The van der Waals surface area contributed by atoms with Crippen molar-refractivity contribution in [2.75, 3.05) is 26.7 Å². The highest BCUT2D eigenvalue weighted by Crippen LogP contribution is 2.18. The summed E-state index contributed by atoms with van der Waals surface area (Å²) in [6.07, 6.45) is 7.62. The van der Waals surface area contributed by atoms with Crippen molar-refractivity contribution in [3.8, 4) is 0 Å². The highest BCUT2D eigenvalue weighted by Gasteiger charge is 2.03. The Bertz CT molecular complexity index is 243. The molecule has 0 aliphatic heterocycles. The molecule has 0 saturated carbocycles. The maximum atomic E-state index is 5.72. The lowest BCUT2D eigenvalue weighted by atomic mass is 10.1. The fourth-order valence-corrected chi connectivity index (χ4v) is 1.54. The molecular weight excluding hydrogens is 186 g/mol. The van der Waals surface area contributed by atoms with Crippen LogP contribution < -0.4 is 0 Å². The third-order valence-electron chi connectivity index (χ3n) is 2.83. The van der Waals surface area contributed by atoms with Gasteiger partial charge in [0.25, 0.3) is 0 Å². The average molecular weight is 209 g/mol. The normalized spacial score (nSPS) is 16.3. The molecule has 1 aliphatic rings. The second-order valence-corrected chi connectivity index (χ2v) is 4.24. The number of hydrogen-bond acceptors (Lipinski definition) is 2. The van der Waals surface area contributed by atoms with Gasteiger partial charge in [0.2, 0.25) is 0 Å². The van der Waals surface area contributed by atoms with E-state index in [1.807, 2.05) is 0 Å². The molecule has 0 saturated heterocycles. The monoisotopic (exact) mass is 209 g/mol. The number of rotatable bonds is 6. The Morgan fingerprint density at radius 2 is 2.13 bits per heavy atom. The van der Waals surface area contributed by atoms with Crippen LogP contribution in [0.25, 0.3) is 0 Å². The minimum absolute atomic E-state index is 0.850. The van der Waals surface area contributed by atoms with E-state index in [1.165, 1.54) is 5.57 Å². The highest BCUT2D eigenvalue weighted by atomic mass is 16.5. The van der Waals surface area contributed by atoms with E-state index in [2.05, 4.69) is 37.9 Å². The Morgan fingerprint density at radius 3 is 2.73 bits per heavy atom. The Morgan fingerprint density at radius 1 is 1.33 bits per heavy atom. The molecule has 15 heavy (non-hydrogen) atoms. The molecule has 0 aromatic rings. The maximum Gasteiger partial charge on any atom is 0.0962 e. The third kappa shape index (κ3) is 5.03. The fraction of sp³-hybridized carbons (Fsp3) is 0.692. The smallest absolute Gasteiger partial charge is 0.0962 e. The lowest BCUT2D eigenvalue weighted by Gasteiger charge is -2.16. The van der Waals surface area contributed by atoms with Gasteiger partial charge in [-0.15, -0.1) is 0 Å². The molecule has 2 nitrogen and oxygen atoms in total. The van der Waals surface area contributed by atoms with E-state index in [-0.39, 0.29) is 0 Å². The van der Waals surface area contributed by atoms with Crippen LogP contribution in [0.2, 0.25) is 0 Å². The molecular formula is C13H23NO. The van der Waals surface area contributed by atoms with Crippen LogP contribution in [0, 0.1) is 0 Å². The van der Waals surface area contributed by atoms with Crippen molar-refractivity contribution >= 4 is 0 Å². The molecule has 0 fully saturated rings. The largest absolute Gasteiger partial charge is 0.498 e. The van der Waals surface area contributed by atoms with Crippen molar-refractivity contribution < 1.29 is 4.74 Å². The first-order chi connectivity index (χ1) is 7.22. The van der Waals surface area contributed by atoms with E-state index in [0.717, 1.165) is 44.7 Å². The molecule has 86 valence electrons. The van der Waals surface area contributed by atoms with E-state index in [4.69, 9.17) is 4.74 Å². The lowest BCUT2D eigenvalue weighted by Crippen LogP contribution is -2.20. The van der Waals surface area contributed by atoms with Gasteiger partial charge >= 0.3 is 0 Å². The maximum absolute atomic E-state index is 5.72. The summed E-state index contributed by atoms with van der Waals surface area (Å²) in [6, 6.07) is 0. The van der Waals surface area contributed by atoms with Crippen molar-refractivity contribution in [1.29, 1.82) is 0 Å². The topological polar surface area (TPSA) is 12.5 Å². The molecule has 0 spiro atoms. The highest BCUT2D eigenvalue weighted by molar-refractivity contribution is 5.19. The van der Waals surface area contributed by atoms with Crippen LogP contribution in [0.5, 0.6) is 0 Å². The molecule has 0 heterocycles. The summed E-state index contributed by atoms with van der Waals surface area (Å²) < 4.78 is 5.72. The second kappa shape index (κ2) is 6.67. The van der Waals surface area contributed by atoms with Crippen LogP contribution in [0.1, 0.15) is 33.1 Å². The summed E-state index contributed by atoms with van der Waals surface area (Å²) in [7, 11) is 2.14. The first kappa shape index (κ1) is 12.3. The van der Waals surface area contributed by atoms with Crippen molar-refractivity contribution in [1.82, 2.24) is 4.90 Å². The first-order valence-electron chi connectivity index (χ1n) is 5.90. The number of allylic oxidation sites excluding steroid dienone is 4. The zero-order chi connectivity index (χ0) is 11.1. The summed E-state index contributed by atoms with van der Waals surface area (Å²) >= 11 is 0. The predicted molar refractivity (Wildman–Crippen MR) is 64.8 cm³/mol. The molecule has 1 aliphatic carbocycles. The van der Waals surface area contributed by atoms with Gasteiger partial charge in [-0.3, -0.25) is 0 Å². The van der Waals surface area contributed by atoms with Gasteiger partial charge in [0.1, 0.15) is 0 Å². The summed E-state index contributed by atoms with van der Waals surface area (Å²) in [5, 5.41) is 0. The molecule has 0 aromatic heterocycles. The molecule has 2 heteroatoms. The van der Waals surface area contributed by atoms with Crippen LogP contribution in [0.15, 0.2) is 23.5 Å². The van der Waals surface area contributed by atoms with Crippen LogP contribution in [0.3, 0.4) is 0 Å². The molecule has 0 radical (unpaired) electrons. The molecule has 0 N–H and O–H groups in total. The second-order valence-electron chi connectivity index (χ2n) is 4.24. The van der Waals surface area contributed by atoms with E-state index < -0.39 is 0 Å². The van der Waals surface area contributed by atoms with E-state index >= 15 is 0 Å². The van der Waals surface area contributed by atoms with Gasteiger partial charge in [0.15, 0.2) is 0 Å². The Hall–Kier alpha value is -0.760. The molecule has 0 bridgehead atoms. The molecule has 0 unspecified atom stereocenters. The molecule has 0 amide bonds. The van der Waals surface area contributed by atoms with Crippen LogP contribution in [0.4, 0.5) is 0 Å². The summed E-state index contributed by atoms with van der Waals surface area (Å²) in [4.78, 5) is 2.31.